The lowest BCUT2D eigenvalue weighted by atomic mass is 10.1. The molecule has 1 atom stereocenters. The van der Waals surface area contributed by atoms with E-state index in [1.807, 2.05) is 6.92 Å². The van der Waals surface area contributed by atoms with Crippen LogP contribution in [0.5, 0.6) is 0 Å². The molecule has 2 aromatic rings. The van der Waals surface area contributed by atoms with Gasteiger partial charge in [0.2, 0.25) is 0 Å². The molecule has 152 valence electrons. The standard InChI is InChI=1S/C19H30N4O2S.HI/c1-5-15-7-6-8-17-16(13-22-18(15)17)9-11-21-19(20-3)23-14(2)10-12-26(4,24)25;/h6-8,13-14,22H,5,9-12H2,1-4H3,(H2,20,21,23);1H. The van der Waals surface area contributed by atoms with Gasteiger partial charge < -0.3 is 15.6 Å². The third kappa shape index (κ3) is 7.33. The van der Waals surface area contributed by atoms with Crippen molar-refractivity contribution in [2.24, 2.45) is 4.99 Å². The minimum atomic E-state index is -2.94. The zero-order valence-corrected chi connectivity index (χ0v) is 19.6. The van der Waals surface area contributed by atoms with E-state index in [2.05, 4.69) is 51.9 Å². The van der Waals surface area contributed by atoms with Crippen LogP contribution in [0, 0.1) is 0 Å². The lowest BCUT2D eigenvalue weighted by molar-refractivity contribution is 0.581. The van der Waals surface area contributed by atoms with E-state index in [1.54, 1.807) is 7.05 Å². The average molecular weight is 506 g/mol. The van der Waals surface area contributed by atoms with Gasteiger partial charge in [-0.15, -0.1) is 24.0 Å². The molecule has 0 saturated carbocycles. The topological polar surface area (TPSA) is 86.3 Å². The maximum Gasteiger partial charge on any atom is 0.191 e. The number of fused-ring (bicyclic) bond motifs is 1. The van der Waals surface area contributed by atoms with Gasteiger partial charge in [0.25, 0.3) is 0 Å². The van der Waals surface area contributed by atoms with Crippen molar-refractivity contribution in [2.45, 2.75) is 39.2 Å². The van der Waals surface area contributed by atoms with Crippen molar-refractivity contribution in [3.8, 4) is 0 Å². The molecule has 1 aromatic carbocycles. The van der Waals surface area contributed by atoms with Gasteiger partial charge in [0.15, 0.2) is 5.96 Å². The Balaban J connectivity index is 0.00000364. The molecular formula is C19H31IN4O2S. The molecule has 0 bridgehead atoms. The SMILES string of the molecule is CCc1cccc2c(CCNC(=NC)NC(C)CCS(C)(=O)=O)c[nH]c12.I. The number of aromatic amines is 1. The maximum absolute atomic E-state index is 11.3. The first-order valence-electron chi connectivity index (χ1n) is 9.06. The number of hydrogen-bond donors (Lipinski definition) is 3. The third-order valence-electron chi connectivity index (χ3n) is 4.48. The number of aryl methyl sites for hydroxylation is 1. The van der Waals surface area contributed by atoms with Crippen molar-refractivity contribution < 1.29 is 8.42 Å². The second kappa shape index (κ2) is 10.9. The van der Waals surface area contributed by atoms with Gasteiger partial charge in [-0.1, -0.05) is 25.1 Å². The molecule has 3 N–H and O–H groups in total. The summed E-state index contributed by atoms with van der Waals surface area (Å²) in [6.07, 6.45) is 5.79. The molecule has 0 amide bonds. The number of hydrogen-bond acceptors (Lipinski definition) is 3. The van der Waals surface area contributed by atoms with Gasteiger partial charge in [0.1, 0.15) is 9.84 Å². The van der Waals surface area contributed by atoms with Crippen molar-refractivity contribution in [1.29, 1.82) is 0 Å². The Labute approximate surface area is 179 Å². The molecule has 0 saturated heterocycles. The van der Waals surface area contributed by atoms with E-state index < -0.39 is 9.84 Å². The van der Waals surface area contributed by atoms with Crippen molar-refractivity contribution >= 4 is 50.7 Å². The number of para-hydroxylation sites is 1. The Kier molecular flexibility index (Phi) is 9.58. The van der Waals surface area contributed by atoms with Crippen LogP contribution in [0.4, 0.5) is 0 Å². The summed E-state index contributed by atoms with van der Waals surface area (Å²) in [5, 5.41) is 7.82. The smallest absolute Gasteiger partial charge is 0.191 e. The summed E-state index contributed by atoms with van der Waals surface area (Å²) in [6.45, 7) is 4.88. The summed E-state index contributed by atoms with van der Waals surface area (Å²) in [7, 11) is -1.22. The highest BCUT2D eigenvalue weighted by Crippen LogP contribution is 2.22. The van der Waals surface area contributed by atoms with Crippen molar-refractivity contribution in [3.63, 3.8) is 0 Å². The second-order valence-electron chi connectivity index (χ2n) is 6.72. The zero-order chi connectivity index (χ0) is 19.2. The fourth-order valence-corrected chi connectivity index (χ4v) is 3.77. The maximum atomic E-state index is 11.3. The lowest BCUT2D eigenvalue weighted by Gasteiger charge is -2.17. The normalized spacial score (nSPS) is 13.3. The Morgan fingerprint density at radius 3 is 2.67 bits per heavy atom. The highest BCUT2D eigenvalue weighted by atomic mass is 127. The minimum absolute atomic E-state index is 0. The lowest BCUT2D eigenvalue weighted by Crippen LogP contribution is -2.43. The predicted octanol–water partition coefficient (Wildman–Crippen LogP) is 2.88. The summed E-state index contributed by atoms with van der Waals surface area (Å²) in [5.74, 6) is 0.868. The first-order valence-corrected chi connectivity index (χ1v) is 11.1. The van der Waals surface area contributed by atoms with Gasteiger partial charge in [0.05, 0.1) is 5.75 Å². The van der Waals surface area contributed by atoms with E-state index in [0.29, 0.717) is 12.4 Å². The van der Waals surface area contributed by atoms with Gasteiger partial charge in [-0.2, -0.15) is 0 Å². The van der Waals surface area contributed by atoms with Crippen LogP contribution in [0.1, 0.15) is 31.4 Å². The quantitative estimate of drug-likeness (QED) is 0.292. The minimum Gasteiger partial charge on any atom is -0.361 e. The molecule has 2 rings (SSSR count). The molecule has 1 heterocycles. The zero-order valence-electron chi connectivity index (χ0n) is 16.5. The fraction of sp³-hybridized carbons (Fsp3) is 0.526. The molecule has 6 nitrogen and oxygen atoms in total. The fourth-order valence-electron chi connectivity index (χ4n) is 2.98. The number of benzene rings is 1. The number of nitrogens with one attached hydrogen (secondary N) is 3. The van der Waals surface area contributed by atoms with Crippen molar-refractivity contribution in [1.82, 2.24) is 15.6 Å². The predicted molar refractivity (Wildman–Crippen MR) is 125 cm³/mol. The highest BCUT2D eigenvalue weighted by molar-refractivity contribution is 14.0. The first-order chi connectivity index (χ1) is 12.3. The Morgan fingerprint density at radius 2 is 2.04 bits per heavy atom. The van der Waals surface area contributed by atoms with Gasteiger partial charge in [-0.05, 0) is 37.3 Å². The Bertz CT molecular complexity index is 862. The van der Waals surface area contributed by atoms with E-state index >= 15 is 0 Å². The molecule has 0 aliphatic heterocycles. The molecule has 1 unspecified atom stereocenters. The molecule has 0 radical (unpaired) electrons. The van der Waals surface area contributed by atoms with Crippen molar-refractivity contribution in [3.05, 3.63) is 35.5 Å². The summed E-state index contributed by atoms with van der Waals surface area (Å²) >= 11 is 0. The van der Waals surface area contributed by atoms with E-state index in [0.717, 1.165) is 19.4 Å². The van der Waals surface area contributed by atoms with E-state index in [-0.39, 0.29) is 35.8 Å². The summed E-state index contributed by atoms with van der Waals surface area (Å²) in [6, 6.07) is 6.46. The molecule has 0 fully saturated rings. The van der Waals surface area contributed by atoms with Crippen LogP contribution in [-0.2, 0) is 22.7 Å². The first kappa shape index (κ1) is 23.7. The molecule has 8 heteroatoms. The molecule has 0 spiro atoms. The number of H-pyrrole nitrogens is 1. The highest BCUT2D eigenvalue weighted by Gasteiger charge is 2.10. The third-order valence-corrected chi connectivity index (χ3v) is 5.46. The van der Waals surface area contributed by atoms with E-state index in [1.165, 1.54) is 28.3 Å². The van der Waals surface area contributed by atoms with Gasteiger partial charge in [0, 0.05) is 43.0 Å². The second-order valence-corrected chi connectivity index (χ2v) is 8.98. The summed E-state index contributed by atoms with van der Waals surface area (Å²) in [4.78, 5) is 7.61. The molecule has 1 aromatic heterocycles. The number of halogens is 1. The molecule has 27 heavy (non-hydrogen) atoms. The molecule has 0 aliphatic rings. The number of sulfone groups is 1. The van der Waals surface area contributed by atoms with E-state index in [9.17, 15) is 8.42 Å². The number of aromatic nitrogens is 1. The monoisotopic (exact) mass is 506 g/mol. The average Bonchev–Trinajstić information content (AvgIpc) is 3.01. The molecular weight excluding hydrogens is 475 g/mol. The van der Waals surface area contributed by atoms with E-state index in [4.69, 9.17) is 0 Å². The van der Waals surface area contributed by atoms with Gasteiger partial charge >= 0.3 is 0 Å². The molecule has 0 aliphatic carbocycles. The summed E-state index contributed by atoms with van der Waals surface area (Å²) < 4.78 is 22.5. The van der Waals surface area contributed by atoms with Crippen LogP contribution in [0.3, 0.4) is 0 Å². The number of rotatable bonds is 8. The van der Waals surface area contributed by atoms with Crippen LogP contribution in [-0.4, -0.2) is 51.0 Å². The number of aliphatic imine (C=N–C) groups is 1. The number of guanidine groups is 1. The Hall–Kier alpha value is -1.29. The van der Waals surface area contributed by atoms with Gasteiger partial charge in [-0.3, -0.25) is 4.99 Å². The van der Waals surface area contributed by atoms with Crippen LogP contribution < -0.4 is 10.6 Å². The number of nitrogens with zero attached hydrogens (tertiary/aromatic N) is 1. The van der Waals surface area contributed by atoms with Gasteiger partial charge in [-0.25, -0.2) is 8.42 Å². The van der Waals surface area contributed by atoms with Crippen LogP contribution in [0.2, 0.25) is 0 Å². The van der Waals surface area contributed by atoms with Crippen molar-refractivity contribution in [2.75, 3.05) is 25.6 Å². The Morgan fingerprint density at radius 1 is 1.30 bits per heavy atom. The largest absolute Gasteiger partial charge is 0.361 e. The van der Waals surface area contributed by atoms with Crippen LogP contribution >= 0.6 is 24.0 Å². The summed E-state index contributed by atoms with van der Waals surface area (Å²) in [5.41, 5.74) is 3.84. The van der Waals surface area contributed by atoms with Crippen LogP contribution in [0.15, 0.2) is 29.4 Å². The van der Waals surface area contributed by atoms with Crippen LogP contribution in [0.25, 0.3) is 10.9 Å².